The van der Waals surface area contributed by atoms with Crippen molar-refractivity contribution < 1.29 is 0 Å². The molecule has 0 saturated heterocycles. The molecule has 2 aromatic heterocycles. The Morgan fingerprint density at radius 3 is 2.71 bits per heavy atom. The summed E-state index contributed by atoms with van der Waals surface area (Å²) in [6.07, 6.45) is 2.20. The topological polar surface area (TPSA) is 12.0 Å². The molecule has 4 heteroatoms. The smallest absolute Gasteiger partial charge is 0.0461 e. The first-order valence-electron chi connectivity index (χ1n) is 5.71. The zero-order valence-corrected chi connectivity index (χ0v) is 13.2. The predicted molar refractivity (Wildman–Crippen MR) is 81.2 cm³/mol. The van der Waals surface area contributed by atoms with Crippen LogP contribution in [0.5, 0.6) is 0 Å². The third kappa shape index (κ3) is 3.41. The molecule has 0 aliphatic rings. The molecule has 2 heterocycles. The standard InChI is InChI=1S/C13H16BrNS2/c1-3-10-4-5-13(17-10)12(15-2)7-11-6-9(14)8-16-11/h4-6,8,12,15H,3,7H2,1-2H3. The molecule has 17 heavy (non-hydrogen) atoms. The van der Waals surface area contributed by atoms with E-state index in [1.807, 2.05) is 29.7 Å². The molecule has 1 nitrogen and oxygen atoms in total. The van der Waals surface area contributed by atoms with E-state index in [0.717, 1.165) is 12.8 Å². The number of thiophene rings is 2. The molecule has 0 aliphatic heterocycles. The highest BCUT2D eigenvalue weighted by Gasteiger charge is 2.13. The molecule has 0 saturated carbocycles. The first kappa shape index (κ1) is 13.3. The molecule has 2 aromatic rings. The Hall–Kier alpha value is -0.160. The average molecular weight is 330 g/mol. The molecule has 1 atom stereocenters. The Kier molecular flexibility index (Phi) is 4.79. The molecule has 2 rings (SSSR count). The maximum atomic E-state index is 3.51. The maximum Gasteiger partial charge on any atom is 0.0461 e. The van der Waals surface area contributed by atoms with E-state index in [1.165, 1.54) is 19.1 Å². The minimum atomic E-state index is 0.436. The number of hydrogen-bond acceptors (Lipinski definition) is 3. The lowest BCUT2D eigenvalue weighted by molar-refractivity contribution is 0.607. The largest absolute Gasteiger partial charge is 0.312 e. The van der Waals surface area contributed by atoms with E-state index in [4.69, 9.17) is 0 Å². The SMILES string of the molecule is CCc1ccc(C(Cc2cc(Br)cs2)NC)s1. The molecule has 1 unspecified atom stereocenters. The second-order valence-electron chi connectivity index (χ2n) is 3.93. The number of nitrogens with one attached hydrogen (secondary N) is 1. The summed E-state index contributed by atoms with van der Waals surface area (Å²) in [5.74, 6) is 0. The van der Waals surface area contributed by atoms with Gasteiger partial charge in [0.1, 0.15) is 0 Å². The fourth-order valence-corrected chi connectivity index (χ4v) is 4.34. The number of halogens is 1. The monoisotopic (exact) mass is 329 g/mol. The summed E-state index contributed by atoms with van der Waals surface area (Å²) < 4.78 is 1.19. The Morgan fingerprint density at radius 1 is 1.35 bits per heavy atom. The Labute approximate surface area is 119 Å². The summed E-state index contributed by atoms with van der Waals surface area (Å²) in [6.45, 7) is 2.21. The van der Waals surface area contributed by atoms with E-state index < -0.39 is 0 Å². The van der Waals surface area contributed by atoms with Crippen molar-refractivity contribution in [3.05, 3.63) is 42.7 Å². The van der Waals surface area contributed by atoms with Crippen molar-refractivity contribution in [2.24, 2.45) is 0 Å². The summed E-state index contributed by atoms with van der Waals surface area (Å²) in [6, 6.07) is 7.15. The summed E-state index contributed by atoms with van der Waals surface area (Å²) in [5.41, 5.74) is 0. The van der Waals surface area contributed by atoms with E-state index in [0.29, 0.717) is 6.04 Å². The lowest BCUT2D eigenvalue weighted by Crippen LogP contribution is -2.17. The van der Waals surface area contributed by atoms with Crippen molar-refractivity contribution in [3.8, 4) is 0 Å². The second-order valence-corrected chi connectivity index (χ2v) is 7.05. The molecular weight excluding hydrogens is 314 g/mol. The van der Waals surface area contributed by atoms with Crippen LogP contribution in [-0.2, 0) is 12.8 Å². The van der Waals surface area contributed by atoms with Crippen LogP contribution in [0, 0.1) is 0 Å². The average Bonchev–Trinajstić information content (AvgIpc) is 2.94. The van der Waals surface area contributed by atoms with Crippen LogP contribution < -0.4 is 5.32 Å². The molecule has 0 fully saturated rings. The van der Waals surface area contributed by atoms with Gasteiger partial charge in [-0.2, -0.15) is 0 Å². The van der Waals surface area contributed by atoms with Gasteiger partial charge < -0.3 is 5.32 Å². The van der Waals surface area contributed by atoms with E-state index in [2.05, 4.69) is 51.7 Å². The third-order valence-electron chi connectivity index (χ3n) is 2.75. The lowest BCUT2D eigenvalue weighted by Gasteiger charge is -2.13. The van der Waals surface area contributed by atoms with Gasteiger partial charge in [0.25, 0.3) is 0 Å². The van der Waals surface area contributed by atoms with Gasteiger partial charge in [0, 0.05) is 36.9 Å². The molecule has 0 aromatic carbocycles. The van der Waals surface area contributed by atoms with Gasteiger partial charge in [-0.15, -0.1) is 22.7 Å². The molecule has 0 spiro atoms. The molecule has 1 N–H and O–H groups in total. The fraction of sp³-hybridized carbons (Fsp3) is 0.385. The van der Waals surface area contributed by atoms with Crippen LogP contribution in [0.15, 0.2) is 28.1 Å². The minimum absolute atomic E-state index is 0.436. The van der Waals surface area contributed by atoms with E-state index >= 15 is 0 Å². The first-order chi connectivity index (χ1) is 8.22. The van der Waals surface area contributed by atoms with Crippen molar-refractivity contribution in [3.63, 3.8) is 0 Å². The van der Waals surface area contributed by atoms with Crippen molar-refractivity contribution in [1.29, 1.82) is 0 Å². The number of aryl methyl sites for hydroxylation is 1. The summed E-state index contributed by atoms with van der Waals surface area (Å²) in [7, 11) is 2.04. The molecular formula is C13H16BrNS2. The quantitative estimate of drug-likeness (QED) is 0.842. The molecule has 92 valence electrons. The van der Waals surface area contributed by atoms with Gasteiger partial charge in [-0.1, -0.05) is 6.92 Å². The van der Waals surface area contributed by atoms with Crippen LogP contribution in [-0.4, -0.2) is 7.05 Å². The van der Waals surface area contributed by atoms with Crippen LogP contribution in [0.4, 0.5) is 0 Å². The Bertz CT molecular complexity index is 475. The van der Waals surface area contributed by atoms with Gasteiger partial charge in [-0.25, -0.2) is 0 Å². The normalized spacial score (nSPS) is 12.9. The molecule has 0 bridgehead atoms. The summed E-state index contributed by atoms with van der Waals surface area (Å²) in [4.78, 5) is 4.32. The van der Waals surface area contributed by atoms with Crippen LogP contribution in [0.1, 0.15) is 27.6 Å². The van der Waals surface area contributed by atoms with Crippen LogP contribution in [0.25, 0.3) is 0 Å². The first-order valence-corrected chi connectivity index (χ1v) is 8.20. The summed E-state index contributed by atoms with van der Waals surface area (Å²) >= 11 is 7.25. The van der Waals surface area contributed by atoms with Crippen molar-refractivity contribution >= 4 is 38.6 Å². The number of rotatable bonds is 5. The van der Waals surface area contributed by atoms with Crippen molar-refractivity contribution in [1.82, 2.24) is 5.32 Å². The lowest BCUT2D eigenvalue weighted by atomic mass is 10.1. The van der Waals surface area contributed by atoms with Gasteiger partial charge in [-0.05, 0) is 47.6 Å². The van der Waals surface area contributed by atoms with E-state index in [1.54, 1.807) is 0 Å². The van der Waals surface area contributed by atoms with Gasteiger partial charge in [-0.3, -0.25) is 0 Å². The highest BCUT2D eigenvalue weighted by atomic mass is 79.9. The molecule has 0 amide bonds. The van der Waals surface area contributed by atoms with Gasteiger partial charge >= 0.3 is 0 Å². The van der Waals surface area contributed by atoms with Gasteiger partial charge in [0.05, 0.1) is 0 Å². The van der Waals surface area contributed by atoms with Crippen molar-refractivity contribution in [2.75, 3.05) is 7.05 Å². The zero-order chi connectivity index (χ0) is 12.3. The number of hydrogen-bond donors (Lipinski definition) is 1. The predicted octanol–water partition coefficient (Wildman–Crippen LogP) is 4.64. The van der Waals surface area contributed by atoms with Gasteiger partial charge in [0.15, 0.2) is 0 Å². The van der Waals surface area contributed by atoms with Crippen LogP contribution in [0.2, 0.25) is 0 Å². The third-order valence-corrected chi connectivity index (χ3v) is 5.81. The summed E-state index contributed by atoms with van der Waals surface area (Å²) in [5, 5.41) is 5.56. The van der Waals surface area contributed by atoms with Crippen LogP contribution in [0.3, 0.4) is 0 Å². The maximum absolute atomic E-state index is 3.51. The highest BCUT2D eigenvalue weighted by molar-refractivity contribution is 9.10. The zero-order valence-electron chi connectivity index (χ0n) is 10.00. The Morgan fingerprint density at radius 2 is 2.18 bits per heavy atom. The second kappa shape index (κ2) is 6.14. The number of likely N-dealkylation sites (N-methyl/N-ethyl adjacent to an activating group) is 1. The van der Waals surface area contributed by atoms with Crippen LogP contribution >= 0.6 is 38.6 Å². The van der Waals surface area contributed by atoms with Gasteiger partial charge in [0.2, 0.25) is 0 Å². The van der Waals surface area contributed by atoms with E-state index in [9.17, 15) is 0 Å². The fourth-order valence-electron chi connectivity index (χ4n) is 1.78. The van der Waals surface area contributed by atoms with E-state index in [-0.39, 0.29) is 0 Å². The van der Waals surface area contributed by atoms with Crippen molar-refractivity contribution in [2.45, 2.75) is 25.8 Å². The highest BCUT2D eigenvalue weighted by Crippen LogP contribution is 2.29. The molecule has 0 radical (unpaired) electrons. The minimum Gasteiger partial charge on any atom is -0.312 e. The molecule has 0 aliphatic carbocycles. The Balaban J connectivity index is 2.10.